The van der Waals surface area contributed by atoms with Crippen LogP contribution in [0.15, 0.2) is 0 Å². The molecule has 1 heterocycles. The summed E-state index contributed by atoms with van der Waals surface area (Å²) in [5.74, 6) is 0. The molecule has 1 saturated heterocycles. The molecule has 0 bridgehead atoms. The number of ether oxygens (including phenoxy) is 1. The van der Waals surface area contributed by atoms with Crippen molar-refractivity contribution in [2.45, 2.75) is 29.9 Å². The molecule has 5 atom stereocenters. The van der Waals surface area contributed by atoms with Crippen molar-refractivity contribution in [2.24, 2.45) is 0 Å². The molecule has 0 unspecified atom stereocenters. The minimum Gasteiger partial charge on any atom is -0.394 e. The third-order valence-corrected chi connectivity index (χ3v) is 2.27. The topological polar surface area (TPSA) is 90.2 Å². The van der Waals surface area contributed by atoms with Crippen molar-refractivity contribution in [2.75, 3.05) is 6.61 Å². The molecule has 1 aliphatic heterocycles. The Hall–Kier alpha value is 0.150. The average Bonchev–Trinajstić information content (AvgIpc) is 2.32. The summed E-state index contributed by atoms with van der Waals surface area (Å²) >= 11 is 3.81. The second-order valence-electron chi connectivity index (χ2n) is 2.72. The van der Waals surface area contributed by atoms with Crippen LogP contribution >= 0.6 is 12.6 Å². The van der Waals surface area contributed by atoms with E-state index in [0.29, 0.717) is 0 Å². The van der Waals surface area contributed by atoms with Gasteiger partial charge >= 0.3 is 0 Å². The van der Waals surface area contributed by atoms with E-state index in [4.69, 9.17) is 20.1 Å². The standard InChI is InChI=1S/C6H12O5S/c7-1-2(8)5-3(9)4(10)6(12)11-5/h2-10,12H,1H2/t2-,3+,4+,5-,6-/m0/s1. The van der Waals surface area contributed by atoms with Crippen LogP contribution in [0.1, 0.15) is 0 Å². The second-order valence-corrected chi connectivity index (χ2v) is 3.23. The molecule has 0 aromatic heterocycles. The molecule has 1 aliphatic rings. The van der Waals surface area contributed by atoms with E-state index in [0.717, 1.165) is 0 Å². The zero-order valence-corrected chi connectivity index (χ0v) is 7.13. The molecule has 0 radical (unpaired) electrons. The third kappa shape index (κ3) is 1.73. The monoisotopic (exact) mass is 196 g/mol. The van der Waals surface area contributed by atoms with Gasteiger partial charge < -0.3 is 25.2 Å². The number of rotatable bonds is 2. The van der Waals surface area contributed by atoms with E-state index in [1.54, 1.807) is 0 Å². The van der Waals surface area contributed by atoms with E-state index >= 15 is 0 Å². The lowest BCUT2D eigenvalue weighted by atomic mass is 10.1. The minimum absolute atomic E-state index is 0.519. The van der Waals surface area contributed by atoms with Crippen molar-refractivity contribution < 1.29 is 25.2 Å². The Morgan fingerprint density at radius 2 is 1.92 bits per heavy atom. The Balaban J connectivity index is 2.58. The molecule has 72 valence electrons. The van der Waals surface area contributed by atoms with Gasteiger partial charge in [0.2, 0.25) is 0 Å². The molecular formula is C6H12O5S. The maximum atomic E-state index is 9.23. The van der Waals surface area contributed by atoms with Crippen molar-refractivity contribution in [1.82, 2.24) is 0 Å². The van der Waals surface area contributed by atoms with Crippen LogP contribution in [0, 0.1) is 0 Å². The van der Waals surface area contributed by atoms with Crippen LogP contribution < -0.4 is 0 Å². The summed E-state index contributed by atoms with van der Waals surface area (Å²) in [5.41, 5.74) is -0.814. The van der Waals surface area contributed by atoms with Crippen molar-refractivity contribution in [3.8, 4) is 0 Å². The lowest BCUT2D eigenvalue weighted by Crippen LogP contribution is -2.40. The largest absolute Gasteiger partial charge is 0.394 e. The predicted molar refractivity (Wildman–Crippen MR) is 42.8 cm³/mol. The summed E-state index contributed by atoms with van der Waals surface area (Å²) in [5, 5.41) is 36.0. The van der Waals surface area contributed by atoms with Gasteiger partial charge in [0.1, 0.15) is 29.9 Å². The predicted octanol–water partition coefficient (Wildman–Crippen LogP) is -2.28. The van der Waals surface area contributed by atoms with Crippen LogP contribution in [0.2, 0.25) is 0 Å². The Morgan fingerprint density at radius 1 is 1.33 bits per heavy atom. The van der Waals surface area contributed by atoms with Crippen LogP contribution in [0.5, 0.6) is 0 Å². The number of aliphatic hydroxyl groups excluding tert-OH is 4. The van der Waals surface area contributed by atoms with E-state index in [-0.39, 0.29) is 0 Å². The van der Waals surface area contributed by atoms with Gasteiger partial charge in [-0.3, -0.25) is 0 Å². The molecule has 12 heavy (non-hydrogen) atoms. The third-order valence-electron chi connectivity index (χ3n) is 1.84. The summed E-state index contributed by atoms with van der Waals surface area (Å²) in [6.07, 6.45) is -4.48. The molecule has 1 rings (SSSR count). The summed E-state index contributed by atoms with van der Waals surface area (Å²) in [6.45, 7) is -0.519. The molecule has 0 aromatic rings. The zero-order valence-electron chi connectivity index (χ0n) is 6.24. The fourth-order valence-electron chi connectivity index (χ4n) is 1.11. The fourth-order valence-corrected chi connectivity index (χ4v) is 1.42. The second kappa shape index (κ2) is 3.91. The number of hydrogen-bond acceptors (Lipinski definition) is 6. The van der Waals surface area contributed by atoms with Gasteiger partial charge in [0.25, 0.3) is 0 Å². The van der Waals surface area contributed by atoms with Crippen LogP contribution in [-0.4, -0.2) is 56.9 Å². The van der Waals surface area contributed by atoms with Gasteiger partial charge in [0.15, 0.2) is 0 Å². The molecule has 4 N–H and O–H groups in total. The van der Waals surface area contributed by atoms with Crippen LogP contribution in [0.25, 0.3) is 0 Å². The maximum Gasteiger partial charge on any atom is 0.129 e. The molecule has 0 saturated carbocycles. The molecule has 0 aliphatic carbocycles. The summed E-state index contributed by atoms with van der Waals surface area (Å²) < 4.78 is 4.89. The quantitative estimate of drug-likeness (QED) is 0.321. The van der Waals surface area contributed by atoms with Gasteiger partial charge in [-0.05, 0) is 0 Å². The summed E-state index contributed by atoms with van der Waals surface area (Å²) in [4.78, 5) is 0. The van der Waals surface area contributed by atoms with Gasteiger partial charge in [-0.1, -0.05) is 0 Å². The molecule has 0 spiro atoms. The summed E-state index contributed by atoms with van der Waals surface area (Å²) in [7, 11) is 0. The Bertz CT molecular complexity index is 155. The van der Waals surface area contributed by atoms with Crippen molar-refractivity contribution in [1.29, 1.82) is 0 Å². The maximum absolute atomic E-state index is 9.23. The fraction of sp³-hybridized carbons (Fsp3) is 1.00. The first-order valence-corrected chi connectivity index (χ1v) is 4.08. The highest BCUT2D eigenvalue weighted by molar-refractivity contribution is 7.80. The summed E-state index contributed by atoms with van der Waals surface area (Å²) in [6, 6.07) is 0. The van der Waals surface area contributed by atoms with Crippen LogP contribution in [0.3, 0.4) is 0 Å². The van der Waals surface area contributed by atoms with Gasteiger partial charge in [-0.15, -0.1) is 12.6 Å². The van der Waals surface area contributed by atoms with Crippen molar-refractivity contribution in [3.05, 3.63) is 0 Å². The molecule has 0 amide bonds. The first-order valence-electron chi connectivity index (χ1n) is 3.56. The van der Waals surface area contributed by atoms with Gasteiger partial charge in [-0.2, -0.15) is 0 Å². The smallest absolute Gasteiger partial charge is 0.129 e. The average molecular weight is 196 g/mol. The number of aliphatic hydroxyl groups is 4. The number of thiol groups is 1. The zero-order chi connectivity index (χ0) is 9.30. The first kappa shape index (κ1) is 10.2. The normalized spacial score (nSPS) is 44.8. The molecular weight excluding hydrogens is 184 g/mol. The van der Waals surface area contributed by atoms with Crippen molar-refractivity contribution in [3.63, 3.8) is 0 Å². The van der Waals surface area contributed by atoms with E-state index in [1.165, 1.54) is 0 Å². The van der Waals surface area contributed by atoms with Crippen molar-refractivity contribution >= 4 is 12.6 Å². The lowest BCUT2D eigenvalue weighted by molar-refractivity contribution is -0.0711. The van der Waals surface area contributed by atoms with E-state index in [1.807, 2.05) is 0 Å². The highest BCUT2D eigenvalue weighted by atomic mass is 32.1. The Labute approximate surface area is 75.0 Å². The Kier molecular flexibility index (Phi) is 3.33. The first-order chi connectivity index (χ1) is 5.57. The minimum atomic E-state index is -1.20. The lowest BCUT2D eigenvalue weighted by Gasteiger charge is -2.18. The van der Waals surface area contributed by atoms with Crippen LogP contribution in [-0.2, 0) is 4.74 Å². The van der Waals surface area contributed by atoms with Crippen LogP contribution in [0.4, 0.5) is 0 Å². The molecule has 6 heteroatoms. The van der Waals surface area contributed by atoms with Gasteiger partial charge in [0.05, 0.1) is 6.61 Å². The SMILES string of the molecule is OC[C@H](O)[C@@H]1O[C@@H](S)[C@H](O)[C@H]1O. The van der Waals surface area contributed by atoms with E-state index in [2.05, 4.69) is 12.6 Å². The van der Waals surface area contributed by atoms with E-state index in [9.17, 15) is 5.11 Å². The highest BCUT2D eigenvalue weighted by Gasteiger charge is 2.44. The van der Waals surface area contributed by atoms with Gasteiger partial charge in [0, 0.05) is 0 Å². The Morgan fingerprint density at radius 3 is 2.25 bits per heavy atom. The van der Waals surface area contributed by atoms with Gasteiger partial charge in [-0.25, -0.2) is 0 Å². The van der Waals surface area contributed by atoms with E-state index < -0.39 is 36.5 Å². The highest BCUT2D eigenvalue weighted by Crippen LogP contribution is 2.25. The molecule has 5 nitrogen and oxygen atoms in total. The molecule has 1 fully saturated rings. The number of hydrogen-bond donors (Lipinski definition) is 5. The molecule has 0 aromatic carbocycles.